The Bertz CT molecular complexity index is 199. The molecule has 2 unspecified atom stereocenters. The Morgan fingerprint density at radius 3 is 2.78 bits per heavy atom. The van der Waals surface area contributed by atoms with Crippen molar-refractivity contribution in [2.75, 3.05) is 39.9 Å². The lowest BCUT2D eigenvalue weighted by Gasteiger charge is -2.35. The van der Waals surface area contributed by atoms with Crippen LogP contribution in [0.3, 0.4) is 0 Å². The van der Waals surface area contributed by atoms with Crippen molar-refractivity contribution >= 4 is 0 Å². The van der Waals surface area contributed by atoms with Gasteiger partial charge in [-0.05, 0) is 39.4 Å². The Kier molecular flexibility index (Phi) is 8.64. The second kappa shape index (κ2) is 9.76. The summed E-state index contributed by atoms with van der Waals surface area (Å²) in [5.41, 5.74) is 0. The lowest BCUT2D eigenvalue weighted by atomic mass is 9.95. The van der Waals surface area contributed by atoms with E-state index < -0.39 is 0 Å². The normalized spacial score (nSPS) is 24.7. The van der Waals surface area contributed by atoms with Crippen LogP contribution in [0.2, 0.25) is 0 Å². The minimum absolute atomic E-state index is 0.660. The van der Waals surface area contributed by atoms with Crippen LogP contribution in [-0.4, -0.2) is 50.8 Å². The van der Waals surface area contributed by atoms with Crippen molar-refractivity contribution in [1.29, 1.82) is 0 Å². The van der Waals surface area contributed by atoms with E-state index in [1.165, 1.54) is 45.2 Å². The maximum Gasteiger partial charge on any atom is 0.0521 e. The van der Waals surface area contributed by atoms with Gasteiger partial charge in [-0.15, -0.1) is 0 Å². The second-order valence-electron chi connectivity index (χ2n) is 5.65. The van der Waals surface area contributed by atoms with Crippen molar-refractivity contribution in [1.82, 2.24) is 10.2 Å². The van der Waals surface area contributed by atoms with E-state index in [0.717, 1.165) is 19.8 Å². The van der Waals surface area contributed by atoms with Gasteiger partial charge in [0.05, 0.1) is 6.61 Å². The molecule has 1 aliphatic rings. The summed E-state index contributed by atoms with van der Waals surface area (Å²) in [6.07, 6.45) is 6.38. The number of nitrogens with one attached hydrogen (secondary N) is 1. The lowest BCUT2D eigenvalue weighted by Crippen LogP contribution is -2.47. The van der Waals surface area contributed by atoms with Crippen LogP contribution >= 0.6 is 0 Å². The molecule has 3 heteroatoms. The SMILES string of the molecule is CCCCCN(C)CC1COCCC1NCCC. The molecule has 0 spiro atoms. The van der Waals surface area contributed by atoms with Crippen LogP contribution in [0.25, 0.3) is 0 Å². The molecule has 1 saturated heterocycles. The smallest absolute Gasteiger partial charge is 0.0521 e. The van der Waals surface area contributed by atoms with Crippen molar-refractivity contribution in [3.8, 4) is 0 Å². The Morgan fingerprint density at radius 2 is 2.06 bits per heavy atom. The van der Waals surface area contributed by atoms with Crippen LogP contribution in [0.1, 0.15) is 46.0 Å². The molecule has 0 bridgehead atoms. The molecule has 0 aliphatic carbocycles. The largest absolute Gasteiger partial charge is 0.381 e. The number of ether oxygens (including phenoxy) is 1. The van der Waals surface area contributed by atoms with Crippen LogP contribution in [0.5, 0.6) is 0 Å². The average Bonchev–Trinajstić information content (AvgIpc) is 2.38. The zero-order valence-corrected chi connectivity index (χ0v) is 12.6. The van der Waals surface area contributed by atoms with Crippen molar-refractivity contribution in [2.45, 2.75) is 52.0 Å². The predicted molar refractivity (Wildman–Crippen MR) is 78.0 cm³/mol. The third-order valence-corrected chi connectivity index (χ3v) is 3.82. The van der Waals surface area contributed by atoms with Crippen molar-refractivity contribution in [3.05, 3.63) is 0 Å². The Morgan fingerprint density at radius 1 is 1.22 bits per heavy atom. The highest BCUT2D eigenvalue weighted by Gasteiger charge is 2.25. The van der Waals surface area contributed by atoms with Crippen molar-refractivity contribution < 1.29 is 4.74 Å². The van der Waals surface area contributed by atoms with Gasteiger partial charge in [0.15, 0.2) is 0 Å². The first-order chi connectivity index (χ1) is 8.77. The van der Waals surface area contributed by atoms with E-state index in [-0.39, 0.29) is 0 Å². The third kappa shape index (κ3) is 6.17. The molecule has 0 aromatic rings. The molecule has 18 heavy (non-hydrogen) atoms. The highest BCUT2D eigenvalue weighted by molar-refractivity contribution is 4.81. The summed E-state index contributed by atoms with van der Waals surface area (Å²) in [6.45, 7) is 9.89. The maximum absolute atomic E-state index is 5.65. The number of hydrogen-bond acceptors (Lipinski definition) is 3. The molecule has 1 aliphatic heterocycles. The first-order valence-corrected chi connectivity index (χ1v) is 7.77. The molecule has 0 radical (unpaired) electrons. The Hall–Kier alpha value is -0.120. The molecule has 1 fully saturated rings. The van der Waals surface area contributed by atoms with Crippen molar-refractivity contribution in [3.63, 3.8) is 0 Å². The third-order valence-electron chi connectivity index (χ3n) is 3.82. The quantitative estimate of drug-likeness (QED) is 0.642. The van der Waals surface area contributed by atoms with Crippen LogP contribution in [0.15, 0.2) is 0 Å². The van der Waals surface area contributed by atoms with Gasteiger partial charge in [0.1, 0.15) is 0 Å². The molecule has 108 valence electrons. The molecule has 3 nitrogen and oxygen atoms in total. The zero-order valence-electron chi connectivity index (χ0n) is 12.6. The van der Waals surface area contributed by atoms with Gasteiger partial charge in [-0.3, -0.25) is 0 Å². The molecular weight excluding hydrogens is 224 g/mol. The average molecular weight is 256 g/mol. The summed E-state index contributed by atoms with van der Waals surface area (Å²) in [5, 5.41) is 3.69. The van der Waals surface area contributed by atoms with E-state index in [0.29, 0.717) is 12.0 Å². The summed E-state index contributed by atoms with van der Waals surface area (Å²) in [5.74, 6) is 0.664. The molecule has 0 aromatic heterocycles. The standard InChI is InChI=1S/C15H32N2O/c1-4-6-7-10-17(3)12-14-13-18-11-8-15(14)16-9-5-2/h14-16H,4-13H2,1-3H3. The lowest BCUT2D eigenvalue weighted by molar-refractivity contribution is 0.0197. The maximum atomic E-state index is 5.65. The van der Waals surface area contributed by atoms with Crippen molar-refractivity contribution in [2.24, 2.45) is 5.92 Å². The van der Waals surface area contributed by atoms with Gasteiger partial charge >= 0.3 is 0 Å². The van der Waals surface area contributed by atoms with E-state index in [9.17, 15) is 0 Å². The first kappa shape index (κ1) is 15.9. The fourth-order valence-electron chi connectivity index (χ4n) is 2.70. The van der Waals surface area contributed by atoms with Crippen LogP contribution in [0.4, 0.5) is 0 Å². The molecule has 1 rings (SSSR count). The first-order valence-electron chi connectivity index (χ1n) is 7.77. The van der Waals surface area contributed by atoms with Crippen LogP contribution < -0.4 is 5.32 Å². The number of unbranched alkanes of at least 4 members (excludes halogenated alkanes) is 2. The zero-order chi connectivity index (χ0) is 13.2. The van der Waals surface area contributed by atoms with Gasteiger partial charge < -0.3 is 15.0 Å². The predicted octanol–water partition coefficient (Wildman–Crippen LogP) is 2.51. The highest BCUT2D eigenvalue weighted by Crippen LogP contribution is 2.16. The minimum atomic E-state index is 0.660. The molecule has 0 aromatic carbocycles. The van der Waals surface area contributed by atoms with Gasteiger partial charge in [-0.1, -0.05) is 26.7 Å². The van der Waals surface area contributed by atoms with Gasteiger partial charge in [0.25, 0.3) is 0 Å². The molecule has 2 atom stereocenters. The Balaban J connectivity index is 2.26. The van der Waals surface area contributed by atoms with E-state index in [1.807, 2.05) is 0 Å². The summed E-state index contributed by atoms with van der Waals surface area (Å²) in [6, 6.07) is 0.660. The van der Waals surface area contributed by atoms with Crippen LogP contribution in [-0.2, 0) is 4.74 Å². The van der Waals surface area contributed by atoms with E-state index >= 15 is 0 Å². The molecule has 1 heterocycles. The minimum Gasteiger partial charge on any atom is -0.381 e. The monoisotopic (exact) mass is 256 g/mol. The summed E-state index contributed by atoms with van der Waals surface area (Å²) >= 11 is 0. The summed E-state index contributed by atoms with van der Waals surface area (Å²) in [7, 11) is 2.25. The van der Waals surface area contributed by atoms with Gasteiger partial charge in [-0.2, -0.15) is 0 Å². The molecule has 0 saturated carbocycles. The van der Waals surface area contributed by atoms with Crippen LogP contribution in [0, 0.1) is 5.92 Å². The van der Waals surface area contributed by atoms with E-state index in [2.05, 4.69) is 31.1 Å². The fourth-order valence-corrected chi connectivity index (χ4v) is 2.70. The summed E-state index contributed by atoms with van der Waals surface area (Å²) < 4.78 is 5.65. The Labute approximate surface area is 113 Å². The highest BCUT2D eigenvalue weighted by atomic mass is 16.5. The molecule has 0 amide bonds. The topological polar surface area (TPSA) is 24.5 Å². The molecular formula is C15H32N2O. The van der Waals surface area contributed by atoms with Gasteiger partial charge in [0, 0.05) is 25.1 Å². The second-order valence-corrected chi connectivity index (χ2v) is 5.65. The van der Waals surface area contributed by atoms with Gasteiger partial charge in [0.2, 0.25) is 0 Å². The number of rotatable bonds is 9. The van der Waals surface area contributed by atoms with E-state index in [4.69, 9.17) is 4.74 Å². The molecule has 1 N–H and O–H groups in total. The van der Waals surface area contributed by atoms with E-state index in [1.54, 1.807) is 0 Å². The summed E-state index contributed by atoms with van der Waals surface area (Å²) in [4.78, 5) is 2.48. The fraction of sp³-hybridized carbons (Fsp3) is 1.00. The number of nitrogens with zero attached hydrogens (tertiary/aromatic N) is 1. The number of hydrogen-bond donors (Lipinski definition) is 1. The van der Waals surface area contributed by atoms with Gasteiger partial charge in [-0.25, -0.2) is 0 Å².